The fourth-order valence-electron chi connectivity index (χ4n) is 2.93. The zero-order valence-corrected chi connectivity index (χ0v) is 15.3. The van der Waals surface area contributed by atoms with Crippen molar-refractivity contribution in [1.82, 2.24) is 4.90 Å². The highest BCUT2D eigenvalue weighted by Crippen LogP contribution is 2.34. The van der Waals surface area contributed by atoms with E-state index < -0.39 is 0 Å². The first-order valence-electron chi connectivity index (χ1n) is 8.09. The van der Waals surface area contributed by atoms with Gasteiger partial charge in [-0.3, -0.25) is 14.5 Å². The van der Waals surface area contributed by atoms with Gasteiger partial charge in [-0.25, -0.2) is 0 Å². The molecule has 5 heteroatoms. The average Bonchev–Trinajstić information content (AvgIpc) is 2.91. The minimum Gasteiger partial charge on any atom is -0.268 e. The SMILES string of the molecule is O=C1S/C(=C/c2cccc3ccccc23)C(=O)N1Cc1ccc(Cl)cc1. The molecular weight excluding hydrogens is 366 g/mol. The van der Waals surface area contributed by atoms with E-state index in [-0.39, 0.29) is 17.7 Å². The van der Waals surface area contributed by atoms with Gasteiger partial charge in [0.05, 0.1) is 11.4 Å². The average molecular weight is 380 g/mol. The summed E-state index contributed by atoms with van der Waals surface area (Å²) in [5.74, 6) is -0.261. The number of halogens is 1. The molecule has 0 N–H and O–H groups in total. The first-order chi connectivity index (χ1) is 12.6. The number of benzene rings is 3. The Morgan fingerprint density at radius 3 is 2.46 bits per heavy atom. The molecule has 1 aliphatic rings. The van der Waals surface area contributed by atoms with E-state index in [4.69, 9.17) is 11.6 Å². The van der Waals surface area contributed by atoms with Crippen molar-refractivity contribution in [2.45, 2.75) is 6.54 Å². The van der Waals surface area contributed by atoms with E-state index in [2.05, 4.69) is 0 Å². The molecule has 1 saturated heterocycles. The van der Waals surface area contributed by atoms with E-state index in [1.807, 2.05) is 54.6 Å². The van der Waals surface area contributed by atoms with Crippen molar-refractivity contribution in [2.24, 2.45) is 0 Å². The Morgan fingerprint density at radius 2 is 1.65 bits per heavy atom. The number of carbonyl (C=O) groups is 2. The highest BCUT2D eigenvalue weighted by atomic mass is 35.5. The summed E-state index contributed by atoms with van der Waals surface area (Å²) in [4.78, 5) is 26.8. The van der Waals surface area contributed by atoms with Gasteiger partial charge in [-0.2, -0.15) is 0 Å². The zero-order chi connectivity index (χ0) is 18.1. The van der Waals surface area contributed by atoms with E-state index in [1.54, 1.807) is 18.2 Å². The lowest BCUT2D eigenvalue weighted by Crippen LogP contribution is -2.27. The van der Waals surface area contributed by atoms with E-state index in [0.717, 1.165) is 33.7 Å². The highest BCUT2D eigenvalue weighted by molar-refractivity contribution is 8.18. The normalized spacial score (nSPS) is 16.0. The highest BCUT2D eigenvalue weighted by Gasteiger charge is 2.35. The number of thioether (sulfide) groups is 1. The van der Waals surface area contributed by atoms with Gasteiger partial charge in [0.15, 0.2) is 0 Å². The van der Waals surface area contributed by atoms with E-state index in [9.17, 15) is 9.59 Å². The second kappa shape index (κ2) is 6.98. The lowest BCUT2D eigenvalue weighted by molar-refractivity contribution is -0.123. The molecule has 3 aromatic rings. The maximum atomic E-state index is 12.7. The van der Waals surface area contributed by atoms with Gasteiger partial charge in [0.2, 0.25) is 0 Å². The third-order valence-corrected chi connectivity index (χ3v) is 5.40. The summed E-state index contributed by atoms with van der Waals surface area (Å²) in [6.45, 7) is 0.245. The van der Waals surface area contributed by atoms with Crippen molar-refractivity contribution in [3.05, 3.63) is 87.8 Å². The predicted molar refractivity (Wildman–Crippen MR) is 107 cm³/mol. The van der Waals surface area contributed by atoms with Gasteiger partial charge in [0, 0.05) is 5.02 Å². The number of nitrogens with zero attached hydrogens (tertiary/aromatic N) is 1. The number of amides is 2. The molecule has 1 heterocycles. The molecule has 0 saturated carbocycles. The summed E-state index contributed by atoms with van der Waals surface area (Å²) in [5, 5.41) is 2.52. The molecule has 3 nitrogen and oxygen atoms in total. The molecule has 26 heavy (non-hydrogen) atoms. The molecule has 1 fully saturated rings. The Balaban J connectivity index is 1.64. The van der Waals surface area contributed by atoms with Crippen LogP contribution in [0.1, 0.15) is 11.1 Å². The summed E-state index contributed by atoms with van der Waals surface area (Å²) in [7, 11) is 0. The van der Waals surface area contributed by atoms with Gasteiger partial charge >= 0.3 is 0 Å². The smallest absolute Gasteiger partial charge is 0.268 e. The Bertz CT molecular complexity index is 1040. The van der Waals surface area contributed by atoms with Crippen LogP contribution < -0.4 is 0 Å². The van der Waals surface area contributed by atoms with Gasteiger partial charge in [-0.05, 0) is 51.9 Å². The molecule has 4 rings (SSSR count). The lowest BCUT2D eigenvalue weighted by atomic mass is 10.0. The van der Waals surface area contributed by atoms with Crippen molar-refractivity contribution < 1.29 is 9.59 Å². The van der Waals surface area contributed by atoms with Crippen molar-refractivity contribution >= 4 is 51.4 Å². The van der Waals surface area contributed by atoms with Gasteiger partial charge in [-0.15, -0.1) is 0 Å². The Labute approximate surface area is 160 Å². The Hall–Kier alpha value is -2.56. The van der Waals surface area contributed by atoms with Crippen LogP contribution in [0.15, 0.2) is 71.6 Å². The monoisotopic (exact) mass is 379 g/mol. The standard InChI is InChI=1S/C21H14ClNO2S/c22-17-10-8-14(9-11-17)13-23-20(24)19(26-21(23)25)12-16-6-3-5-15-4-1-2-7-18(15)16/h1-12H,13H2/b19-12+. The third-order valence-electron chi connectivity index (χ3n) is 4.24. The predicted octanol–water partition coefficient (Wildman–Crippen LogP) is 5.73. The van der Waals surface area contributed by atoms with Crippen LogP contribution in [-0.2, 0) is 11.3 Å². The van der Waals surface area contributed by atoms with Crippen molar-refractivity contribution in [1.29, 1.82) is 0 Å². The molecular formula is C21H14ClNO2S. The van der Waals surface area contributed by atoms with Gasteiger partial charge in [0.25, 0.3) is 11.1 Å². The summed E-state index contributed by atoms with van der Waals surface area (Å²) >= 11 is 6.87. The molecule has 2 amide bonds. The van der Waals surface area contributed by atoms with E-state index in [0.29, 0.717) is 9.93 Å². The number of fused-ring (bicyclic) bond motifs is 1. The van der Waals surface area contributed by atoms with Crippen LogP contribution in [-0.4, -0.2) is 16.0 Å². The molecule has 0 aromatic heterocycles. The number of rotatable bonds is 3. The topological polar surface area (TPSA) is 37.4 Å². The first kappa shape index (κ1) is 16.9. The number of imide groups is 1. The fourth-order valence-corrected chi connectivity index (χ4v) is 3.88. The molecule has 128 valence electrons. The van der Waals surface area contributed by atoms with Gasteiger partial charge in [-0.1, -0.05) is 66.2 Å². The Kier molecular flexibility index (Phi) is 4.53. The van der Waals surface area contributed by atoms with Crippen molar-refractivity contribution in [3.63, 3.8) is 0 Å². The number of hydrogen-bond acceptors (Lipinski definition) is 3. The van der Waals surface area contributed by atoms with Gasteiger partial charge in [0.1, 0.15) is 0 Å². The van der Waals surface area contributed by atoms with Crippen molar-refractivity contribution in [3.8, 4) is 0 Å². The molecule has 0 radical (unpaired) electrons. The lowest BCUT2D eigenvalue weighted by Gasteiger charge is -2.12. The van der Waals surface area contributed by atoms with E-state index in [1.165, 1.54) is 4.90 Å². The summed E-state index contributed by atoms with van der Waals surface area (Å²) in [5.41, 5.74) is 1.79. The second-order valence-electron chi connectivity index (χ2n) is 5.96. The second-order valence-corrected chi connectivity index (χ2v) is 7.39. The van der Waals surface area contributed by atoms with Crippen LogP contribution in [0.25, 0.3) is 16.8 Å². The van der Waals surface area contributed by atoms with Crippen LogP contribution in [0.2, 0.25) is 5.02 Å². The van der Waals surface area contributed by atoms with Crippen LogP contribution in [0.4, 0.5) is 4.79 Å². The summed E-state index contributed by atoms with van der Waals surface area (Å²) < 4.78 is 0. The molecule has 0 atom stereocenters. The van der Waals surface area contributed by atoms with Crippen LogP contribution >= 0.6 is 23.4 Å². The first-order valence-corrected chi connectivity index (χ1v) is 9.29. The minimum absolute atomic E-state index is 0.245. The largest absolute Gasteiger partial charge is 0.293 e. The summed E-state index contributed by atoms with van der Waals surface area (Å²) in [6, 6.07) is 21.1. The quantitative estimate of drug-likeness (QED) is 0.545. The van der Waals surface area contributed by atoms with Crippen LogP contribution in [0.5, 0.6) is 0 Å². The van der Waals surface area contributed by atoms with Crippen LogP contribution in [0.3, 0.4) is 0 Å². The molecule has 0 unspecified atom stereocenters. The van der Waals surface area contributed by atoms with E-state index >= 15 is 0 Å². The number of carbonyl (C=O) groups excluding carboxylic acids is 2. The fraction of sp³-hybridized carbons (Fsp3) is 0.0476. The van der Waals surface area contributed by atoms with Crippen LogP contribution in [0, 0.1) is 0 Å². The molecule has 0 bridgehead atoms. The molecule has 1 aliphatic heterocycles. The van der Waals surface area contributed by atoms with Gasteiger partial charge < -0.3 is 0 Å². The maximum Gasteiger partial charge on any atom is 0.293 e. The maximum absolute atomic E-state index is 12.7. The molecule has 3 aromatic carbocycles. The summed E-state index contributed by atoms with van der Waals surface area (Å²) in [6.07, 6.45) is 1.80. The Morgan fingerprint density at radius 1 is 0.923 bits per heavy atom. The minimum atomic E-state index is -0.261. The zero-order valence-electron chi connectivity index (χ0n) is 13.7. The number of hydrogen-bond donors (Lipinski definition) is 0. The molecule has 0 spiro atoms. The third kappa shape index (κ3) is 3.26. The molecule has 0 aliphatic carbocycles. The van der Waals surface area contributed by atoms with Crippen molar-refractivity contribution in [2.75, 3.05) is 0 Å².